The molecule has 3 aromatic rings. The molecule has 0 bridgehead atoms. The van der Waals surface area contributed by atoms with Gasteiger partial charge in [-0.2, -0.15) is 0 Å². The summed E-state index contributed by atoms with van der Waals surface area (Å²) in [6, 6.07) is 20.6. The molecular weight excluding hydrogens is 663 g/mol. The van der Waals surface area contributed by atoms with Gasteiger partial charge >= 0.3 is 5.97 Å². The van der Waals surface area contributed by atoms with Crippen molar-refractivity contribution in [3.05, 3.63) is 95.6 Å². The van der Waals surface area contributed by atoms with Gasteiger partial charge in [0.1, 0.15) is 17.6 Å². The Kier molecular flexibility index (Phi) is 13.3. The van der Waals surface area contributed by atoms with Crippen molar-refractivity contribution in [2.75, 3.05) is 20.8 Å². The zero-order valence-electron chi connectivity index (χ0n) is 31.8. The Bertz CT molecular complexity index is 1680. The van der Waals surface area contributed by atoms with Crippen molar-refractivity contribution in [1.82, 2.24) is 5.32 Å². The average Bonchev–Trinajstić information content (AvgIpc) is 3.04. The fourth-order valence-electron chi connectivity index (χ4n) is 4.31. The van der Waals surface area contributed by atoms with Crippen molar-refractivity contribution in [2.24, 2.45) is 0 Å². The summed E-state index contributed by atoms with van der Waals surface area (Å²) < 4.78 is 29.9. The summed E-state index contributed by atoms with van der Waals surface area (Å²) >= 11 is 0. The molecule has 0 aliphatic heterocycles. The second-order valence-electron chi connectivity index (χ2n) is 15.3. The van der Waals surface area contributed by atoms with Crippen molar-refractivity contribution in [1.29, 1.82) is 0 Å². The van der Waals surface area contributed by atoms with Crippen molar-refractivity contribution >= 4 is 40.7 Å². The van der Waals surface area contributed by atoms with Crippen LogP contribution in [-0.4, -0.2) is 49.3 Å². The molecule has 1 N–H and O–H groups in total. The molecular formula is C40H55NO7Si2. The summed E-state index contributed by atoms with van der Waals surface area (Å²) in [5, 5.41) is 2.92. The second kappa shape index (κ2) is 16.6. The molecule has 1 unspecified atom stereocenters. The summed E-state index contributed by atoms with van der Waals surface area (Å²) in [5.74, 6) is 1.54. The van der Waals surface area contributed by atoms with Crippen LogP contribution in [0.15, 0.2) is 78.9 Å². The van der Waals surface area contributed by atoms with E-state index in [1.807, 2.05) is 48.5 Å². The summed E-state index contributed by atoms with van der Waals surface area (Å²) in [5.41, 5.74) is 2.20. The molecule has 270 valence electrons. The van der Waals surface area contributed by atoms with Gasteiger partial charge in [0.2, 0.25) is 5.91 Å². The number of hydrogen-bond donors (Lipinski definition) is 1. The molecule has 3 rings (SSSR count). The third kappa shape index (κ3) is 10.9. The lowest BCUT2D eigenvalue weighted by Crippen LogP contribution is -2.44. The maximum absolute atomic E-state index is 13.3. The Balaban J connectivity index is 1.82. The highest BCUT2D eigenvalue weighted by molar-refractivity contribution is 6.75. The van der Waals surface area contributed by atoms with Crippen LogP contribution in [0.4, 0.5) is 0 Å². The van der Waals surface area contributed by atoms with E-state index in [2.05, 4.69) is 73.0 Å². The first kappa shape index (κ1) is 40.1. The van der Waals surface area contributed by atoms with E-state index >= 15 is 0 Å². The van der Waals surface area contributed by atoms with E-state index in [1.165, 1.54) is 19.3 Å². The number of nitrogens with one attached hydrogen (secondary N) is 1. The van der Waals surface area contributed by atoms with E-state index in [0.717, 1.165) is 22.6 Å². The topological polar surface area (TPSA) is 92.3 Å². The van der Waals surface area contributed by atoms with Gasteiger partial charge in [-0.05, 0) is 78.2 Å². The number of methoxy groups -OCH3 is 2. The highest BCUT2D eigenvalue weighted by atomic mass is 28.4. The monoisotopic (exact) mass is 717 g/mol. The molecule has 10 heteroatoms. The van der Waals surface area contributed by atoms with Crippen LogP contribution in [-0.2, 0) is 14.3 Å². The molecule has 0 aliphatic carbocycles. The Hall–Kier alpha value is -4.29. The van der Waals surface area contributed by atoms with Crippen LogP contribution in [0.25, 0.3) is 12.2 Å². The van der Waals surface area contributed by atoms with Crippen LogP contribution in [0.5, 0.6) is 23.0 Å². The van der Waals surface area contributed by atoms with Gasteiger partial charge in [-0.3, -0.25) is 4.79 Å². The number of carbonyl (C=O) groups excluding carboxylic acids is 2. The lowest BCUT2D eigenvalue weighted by Gasteiger charge is -2.36. The summed E-state index contributed by atoms with van der Waals surface area (Å²) in [7, 11) is -1.12. The highest BCUT2D eigenvalue weighted by Gasteiger charge is 2.40. The third-order valence-corrected chi connectivity index (χ3v) is 18.2. The van der Waals surface area contributed by atoms with Gasteiger partial charge in [0.05, 0.1) is 20.8 Å². The number of amides is 1. The Labute approximate surface area is 301 Å². The maximum Gasteiger partial charge on any atom is 0.331 e. The van der Waals surface area contributed by atoms with E-state index in [-0.39, 0.29) is 22.5 Å². The molecule has 0 spiro atoms. The molecule has 8 nitrogen and oxygen atoms in total. The quantitative estimate of drug-likeness (QED) is 0.101. The molecule has 0 aromatic heterocycles. The number of esters is 1. The van der Waals surface area contributed by atoms with Gasteiger partial charge < -0.3 is 28.4 Å². The molecule has 0 saturated heterocycles. The van der Waals surface area contributed by atoms with Gasteiger partial charge in [-0.15, -0.1) is 0 Å². The van der Waals surface area contributed by atoms with Crippen LogP contribution in [0, 0.1) is 0 Å². The van der Waals surface area contributed by atoms with E-state index < -0.39 is 28.7 Å². The van der Waals surface area contributed by atoms with E-state index in [4.69, 9.17) is 23.1 Å². The molecule has 1 atom stereocenters. The molecule has 0 aliphatic rings. The standard InChI is InChI=1S/C40H55NO7Si2/c1-39(2,3)49(9,10)47-32-19-15-13-17-29(32)22-25-37(42)41-28-36(31-21-24-34(44-7)35(27-31)45-8)46-38(43)26-23-30-18-14-16-20-33(30)48-50(11,12)40(4,5)6/h13-27,36H,28H2,1-12H3,(H,41,42)/b25-22+,26-23+. The number of benzene rings is 3. The van der Waals surface area contributed by atoms with Gasteiger partial charge in [0.25, 0.3) is 16.6 Å². The fraction of sp³-hybridized carbons (Fsp3) is 0.400. The molecule has 0 fully saturated rings. The van der Waals surface area contributed by atoms with Crippen molar-refractivity contribution < 1.29 is 32.7 Å². The van der Waals surface area contributed by atoms with E-state index in [0.29, 0.717) is 17.1 Å². The number of hydrogen-bond acceptors (Lipinski definition) is 7. The van der Waals surface area contributed by atoms with Gasteiger partial charge in [-0.1, -0.05) is 84.0 Å². The van der Waals surface area contributed by atoms with Crippen molar-refractivity contribution in [3.63, 3.8) is 0 Å². The van der Waals surface area contributed by atoms with Crippen LogP contribution >= 0.6 is 0 Å². The summed E-state index contributed by atoms with van der Waals surface area (Å²) in [6.45, 7) is 21.9. The lowest BCUT2D eigenvalue weighted by atomic mass is 10.1. The zero-order valence-corrected chi connectivity index (χ0v) is 33.8. The Morgan fingerprint density at radius 3 is 1.64 bits per heavy atom. The van der Waals surface area contributed by atoms with Gasteiger partial charge in [-0.25, -0.2) is 4.79 Å². The second-order valence-corrected chi connectivity index (χ2v) is 24.7. The number of ether oxygens (including phenoxy) is 3. The number of rotatable bonds is 14. The first-order valence-electron chi connectivity index (χ1n) is 16.9. The largest absolute Gasteiger partial charge is 0.543 e. The minimum Gasteiger partial charge on any atom is -0.543 e. The predicted octanol–water partition coefficient (Wildman–Crippen LogP) is 9.60. The van der Waals surface area contributed by atoms with Gasteiger partial charge in [0, 0.05) is 23.3 Å². The lowest BCUT2D eigenvalue weighted by molar-refractivity contribution is -0.143. The molecule has 0 saturated carbocycles. The Morgan fingerprint density at radius 2 is 1.16 bits per heavy atom. The van der Waals surface area contributed by atoms with Crippen LogP contribution in [0.3, 0.4) is 0 Å². The first-order valence-corrected chi connectivity index (χ1v) is 22.7. The molecule has 3 aromatic carbocycles. The van der Waals surface area contributed by atoms with Crippen LogP contribution < -0.4 is 23.6 Å². The van der Waals surface area contributed by atoms with Crippen molar-refractivity contribution in [3.8, 4) is 23.0 Å². The van der Waals surface area contributed by atoms with E-state index in [1.54, 1.807) is 37.5 Å². The first-order chi connectivity index (χ1) is 23.3. The predicted molar refractivity (Wildman–Crippen MR) is 208 cm³/mol. The smallest absolute Gasteiger partial charge is 0.331 e. The maximum atomic E-state index is 13.3. The van der Waals surface area contributed by atoms with Crippen LogP contribution in [0.2, 0.25) is 36.3 Å². The minimum atomic E-state index is -2.12. The Morgan fingerprint density at radius 1 is 0.680 bits per heavy atom. The minimum absolute atomic E-state index is 0.0108. The van der Waals surface area contributed by atoms with Crippen molar-refractivity contribution in [2.45, 2.75) is 83.9 Å². The molecule has 1 amide bonds. The van der Waals surface area contributed by atoms with Crippen LogP contribution in [0.1, 0.15) is 64.3 Å². The molecule has 0 heterocycles. The third-order valence-electron chi connectivity index (χ3n) is 9.49. The molecule has 50 heavy (non-hydrogen) atoms. The normalized spacial score (nSPS) is 13.2. The number of carbonyl (C=O) groups is 2. The fourth-order valence-corrected chi connectivity index (χ4v) is 6.40. The summed E-state index contributed by atoms with van der Waals surface area (Å²) in [6.07, 6.45) is 5.45. The SMILES string of the molecule is COc1ccc(C(CNC(=O)/C=C/c2ccccc2O[Si](C)(C)C(C)(C)C)OC(=O)/C=C/c2ccccc2O[Si](C)(C)C(C)(C)C)cc1OC. The zero-order chi connectivity index (χ0) is 37.3. The molecule has 0 radical (unpaired) electrons. The number of para-hydroxylation sites is 2. The summed E-state index contributed by atoms with van der Waals surface area (Å²) in [4.78, 5) is 26.4. The average molecular weight is 718 g/mol. The van der Waals surface area contributed by atoms with Gasteiger partial charge in [0.15, 0.2) is 11.5 Å². The van der Waals surface area contributed by atoms with E-state index in [9.17, 15) is 9.59 Å². The highest BCUT2D eigenvalue weighted by Crippen LogP contribution is 2.39.